The van der Waals surface area contributed by atoms with Gasteiger partial charge >= 0.3 is 5.97 Å². The maximum Gasteiger partial charge on any atom is 0.328 e. The normalized spacial score (nSPS) is 14.3. The van der Waals surface area contributed by atoms with Crippen LogP contribution in [0.2, 0.25) is 0 Å². The van der Waals surface area contributed by atoms with Gasteiger partial charge in [-0.05, 0) is 30.6 Å². The number of hydrogen-bond acceptors (Lipinski definition) is 6. The number of nitrogens with zero attached hydrogens (tertiary/aromatic N) is 1. The summed E-state index contributed by atoms with van der Waals surface area (Å²) in [5, 5.41) is 2.68. The molecule has 25 heavy (non-hydrogen) atoms. The van der Waals surface area contributed by atoms with Gasteiger partial charge in [0.1, 0.15) is 11.8 Å². The summed E-state index contributed by atoms with van der Waals surface area (Å²) in [5.41, 5.74) is 0.651. The fraction of sp³-hybridized carbons (Fsp3) is 0.471. The van der Waals surface area contributed by atoms with Crippen LogP contribution in [0.4, 0.5) is 5.69 Å². The lowest BCUT2D eigenvalue weighted by atomic mass is 10.2. The molecule has 1 aliphatic heterocycles. The first kappa shape index (κ1) is 19.1. The Morgan fingerprint density at radius 3 is 2.88 bits per heavy atom. The molecule has 2 rings (SSSR count). The van der Waals surface area contributed by atoms with Crippen molar-refractivity contribution in [2.24, 2.45) is 0 Å². The number of rotatable bonds is 8. The van der Waals surface area contributed by atoms with Crippen molar-refractivity contribution in [3.63, 3.8) is 0 Å². The third kappa shape index (κ3) is 5.12. The monoisotopic (exact) mass is 366 g/mol. The van der Waals surface area contributed by atoms with E-state index in [2.05, 4.69) is 5.32 Å². The summed E-state index contributed by atoms with van der Waals surface area (Å²) >= 11 is 1.59. The molecule has 0 unspecified atom stereocenters. The SMILES string of the molecule is COC(=O)[C@@H](CCSC)NC(=O)CCN1C(=O)COc2ccccc21. The smallest absolute Gasteiger partial charge is 0.328 e. The Balaban J connectivity index is 1.94. The molecular weight excluding hydrogens is 344 g/mol. The van der Waals surface area contributed by atoms with Gasteiger partial charge in [-0.1, -0.05) is 12.1 Å². The minimum Gasteiger partial charge on any atom is -0.482 e. The molecule has 0 aliphatic carbocycles. The fourth-order valence-electron chi connectivity index (χ4n) is 2.51. The minimum atomic E-state index is -0.669. The number of esters is 1. The average molecular weight is 366 g/mol. The lowest BCUT2D eigenvalue weighted by molar-refractivity contribution is -0.145. The minimum absolute atomic E-state index is 0.0445. The van der Waals surface area contributed by atoms with Gasteiger partial charge in [0.25, 0.3) is 5.91 Å². The molecule has 0 saturated carbocycles. The van der Waals surface area contributed by atoms with Crippen LogP contribution in [0.1, 0.15) is 12.8 Å². The summed E-state index contributed by atoms with van der Waals surface area (Å²) in [6.45, 7) is 0.179. The average Bonchev–Trinajstić information content (AvgIpc) is 2.63. The Hall–Kier alpha value is -2.22. The summed E-state index contributed by atoms with van der Waals surface area (Å²) in [6.07, 6.45) is 2.52. The molecule has 1 aromatic carbocycles. The first-order valence-corrected chi connectivity index (χ1v) is 9.34. The highest BCUT2D eigenvalue weighted by Crippen LogP contribution is 2.31. The van der Waals surface area contributed by atoms with Crippen LogP contribution in [0.25, 0.3) is 0 Å². The number of amides is 2. The fourth-order valence-corrected chi connectivity index (χ4v) is 2.98. The molecule has 1 aromatic rings. The number of nitrogens with one attached hydrogen (secondary N) is 1. The van der Waals surface area contributed by atoms with Gasteiger partial charge in [0.05, 0.1) is 12.8 Å². The number of para-hydroxylation sites is 2. The van der Waals surface area contributed by atoms with Crippen LogP contribution in [-0.4, -0.2) is 56.1 Å². The third-order valence-corrected chi connectivity index (χ3v) is 4.45. The summed E-state index contributed by atoms with van der Waals surface area (Å²) in [5.74, 6) is 0.395. The molecule has 7 nitrogen and oxygen atoms in total. The number of anilines is 1. The van der Waals surface area contributed by atoms with Gasteiger partial charge in [0.2, 0.25) is 5.91 Å². The summed E-state index contributed by atoms with van der Waals surface area (Å²) in [7, 11) is 1.30. The van der Waals surface area contributed by atoms with E-state index >= 15 is 0 Å². The van der Waals surface area contributed by atoms with Crippen molar-refractivity contribution in [2.45, 2.75) is 18.9 Å². The van der Waals surface area contributed by atoms with Gasteiger partial charge in [-0.2, -0.15) is 11.8 Å². The van der Waals surface area contributed by atoms with Crippen LogP contribution in [0, 0.1) is 0 Å². The maximum absolute atomic E-state index is 12.2. The highest BCUT2D eigenvalue weighted by Gasteiger charge is 2.26. The Morgan fingerprint density at radius 1 is 1.40 bits per heavy atom. The highest BCUT2D eigenvalue weighted by atomic mass is 32.2. The first-order valence-electron chi connectivity index (χ1n) is 7.95. The zero-order valence-electron chi connectivity index (χ0n) is 14.3. The van der Waals surface area contributed by atoms with Gasteiger partial charge in [0, 0.05) is 13.0 Å². The van der Waals surface area contributed by atoms with Gasteiger partial charge in [-0.3, -0.25) is 9.59 Å². The lowest BCUT2D eigenvalue weighted by Gasteiger charge is -2.29. The zero-order chi connectivity index (χ0) is 18.2. The van der Waals surface area contributed by atoms with Gasteiger partial charge < -0.3 is 19.7 Å². The summed E-state index contributed by atoms with van der Waals surface area (Å²) in [4.78, 5) is 37.6. The van der Waals surface area contributed by atoms with Crippen molar-refractivity contribution in [1.29, 1.82) is 0 Å². The molecule has 8 heteroatoms. The van der Waals surface area contributed by atoms with Gasteiger partial charge in [0.15, 0.2) is 6.61 Å². The van der Waals surface area contributed by atoms with Crippen molar-refractivity contribution in [3.8, 4) is 5.75 Å². The largest absolute Gasteiger partial charge is 0.482 e. The molecule has 0 fully saturated rings. The predicted molar refractivity (Wildman–Crippen MR) is 95.9 cm³/mol. The van der Waals surface area contributed by atoms with E-state index in [4.69, 9.17) is 9.47 Å². The maximum atomic E-state index is 12.2. The van der Waals surface area contributed by atoms with E-state index in [9.17, 15) is 14.4 Å². The third-order valence-electron chi connectivity index (χ3n) is 3.80. The van der Waals surface area contributed by atoms with E-state index in [0.717, 1.165) is 5.75 Å². The van der Waals surface area contributed by atoms with E-state index in [1.165, 1.54) is 12.0 Å². The van der Waals surface area contributed by atoms with Crippen LogP contribution < -0.4 is 15.0 Å². The van der Waals surface area contributed by atoms with Crippen LogP contribution in [0.3, 0.4) is 0 Å². The molecule has 1 heterocycles. The van der Waals surface area contributed by atoms with Crippen LogP contribution in [-0.2, 0) is 19.1 Å². The number of carbonyl (C=O) groups excluding carboxylic acids is 3. The molecule has 136 valence electrons. The molecule has 0 bridgehead atoms. The molecule has 0 spiro atoms. The van der Waals surface area contributed by atoms with Gasteiger partial charge in [-0.25, -0.2) is 4.79 Å². The molecule has 1 N–H and O–H groups in total. The van der Waals surface area contributed by atoms with Crippen LogP contribution in [0.15, 0.2) is 24.3 Å². The Morgan fingerprint density at radius 2 is 2.16 bits per heavy atom. The summed E-state index contributed by atoms with van der Waals surface area (Å²) in [6, 6.07) is 6.53. The Bertz CT molecular complexity index is 637. The molecular formula is C17H22N2O5S. The van der Waals surface area contributed by atoms with Crippen molar-refractivity contribution in [3.05, 3.63) is 24.3 Å². The van der Waals surface area contributed by atoms with Crippen molar-refractivity contribution in [1.82, 2.24) is 5.32 Å². The van der Waals surface area contributed by atoms with E-state index in [1.807, 2.05) is 18.4 Å². The second-order valence-corrected chi connectivity index (χ2v) is 6.46. The molecule has 2 amide bonds. The molecule has 1 aliphatic rings. The number of carbonyl (C=O) groups is 3. The molecule has 0 saturated heterocycles. The second-order valence-electron chi connectivity index (χ2n) is 5.48. The van der Waals surface area contributed by atoms with E-state index < -0.39 is 12.0 Å². The predicted octanol–water partition coefficient (Wildman–Crippen LogP) is 1.21. The van der Waals surface area contributed by atoms with Crippen molar-refractivity contribution in [2.75, 3.05) is 37.2 Å². The van der Waals surface area contributed by atoms with Gasteiger partial charge in [-0.15, -0.1) is 0 Å². The number of methoxy groups -OCH3 is 1. The second kappa shape index (κ2) is 9.31. The van der Waals surface area contributed by atoms with E-state index in [0.29, 0.717) is 17.9 Å². The highest BCUT2D eigenvalue weighted by molar-refractivity contribution is 7.98. The molecule has 1 atom stereocenters. The molecule has 0 aromatic heterocycles. The first-order chi connectivity index (χ1) is 12.1. The summed E-state index contributed by atoms with van der Waals surface area (Å²) < 4.78 is 10.1. The van der Waals surface area contributed by atoms with Crippen molar-refractivity contribution >= 4 is 35.2 Å². The van der Waals surface area contributed by atoms with Crippen molar-refractivity contribution < 1.29 is 23.9 Å². The number of fused-ring (bicyclic) bond motifs is 1. The van der Waals surface area contributed by atoms with E-state index in [1.54, 1.807) is 23.9 Å². The lowest BCUT2D eigenvalue weighted by Crippen LogP contribution is -2.44. The van der Waals surface area contributed by atoms with Crippen LogP contribution in [0.5, 0.6) is 5.75 Å². The zero-order valence-corrected chi connectivity index (χ0v) is 15.1. The number of hydrogen-bond donors (Lipinski definition) is 1. The Kier molecular flexibility index (Phi) is 7.12. The number of benzene rings is 1. The standard InChI is InChI=1S/C17H22N2O5S/c1-23-17(22)12(8-10-25-2)18-15(20)7-9-19-13-5-3-4-6-14(13)24-11-16(19)21/h3-6,12H,7-11H2,1-2H3,(H,18,20)/t12-/m1/s1. The molecule has 0 radical (unpaired) electrons. The van der Waals surface area contributed by atoms with Crippen LogP contribution >= 0.6 is 11.8 Å². The number of ether oxygens (including phenoxy) is 2. The van der Waals surface area contributed by atoms with E-state index in [-0.39, 0.29) is 31.4 Å². The topological polar surface area (TPSA) is 84.9 Å². The quantitative estimate of drug-likeness (QED) is 0.696. The number of thioether (sulfide) groups is 1. The Labute approximate surface area is 151 Å².